The quantitative estimate of drug-likeness (QED) is 0.823. The molecular formula is C18H26N4O2S. The van der Waals surface area contributed by atoms with Gasteiger partial charge in [0.15, 0.2) is 0 Å². The lowest BCUT2D eigenvalue weighted by atomic mass is 10.0. The van der Waals surface area contributed by atoms with Crippen LogP contribution < -0.4 is 4.72 Å². The van der Waals surface area contributed by atoms with E-state index in [1.165, 1.54) is 0 Å². The van der Waals surface area contributed by atoms with Gasteiger partial charge in [0, 0.05) is 38.1 Å². The molecule has 7 heteroatoms. The van der Waals surface area contributed by atoms with Crippen LogP contribution >= 0.6 is 0 Å². The van der Waals surface area contributed by atoms with Gasteiger partial charge in [-0.15, -0.1) is 0 Å². The maximum absolute atomic E-state index is 12.8. The van der Waals surface area contributed by atoms with E-state index in [0.717, 1.165) is 43.6 Å². The van der Waals surface area contributed by atoms with E-state index < -0.39 is 10.2 Å². The third-order valence-electron chi connectivity index (χ3n) is 4.81. The Balaban J connectivity index is 1.63. The van der Waals surface area contributed by atoms with Crippen molar-refractivity contribution in [2.45, 2.75) is 51.7 Å². The van der Waals surface area contributed by atoms with Crippen LogP contribution in [0.4, 0.5) is 0 Å². The molecule has 136 valence electrons. The Morgan fingerprint density at radius 1 is 1.24 bits per heavy atom. The molecule has 0 unspecified atom stereocenters. The first-order valence-corrected chi connectivity index (χ1v) is 10.3. The van der Waals surface area contributed by atoms with E-state index in [0.29, 0.717) is 13.1 Å². The van der Waals surface area contributed by atoms with Crippen molar-refractivity contribution in [2.75, 3.05) is 6.54 Å². The molecule has 1 aromatic heterocycles. The van der Waals surface area contributed by atoms with Crippen LogP contribution in [0.25, 0.3) is 0 Å². The predicted octanol–water partition coefficient (Wildman–Crippen LogP) is 2.47. The van der Waals surface area contributed by atoms with Gasteiger partial charge in [-0.25, -0.2) is 4.98 Å². The molecule has 1 fully saturated rings. The van der Waals surface area contributed by atoms with Gasteiger partial charge in [-0.1, -0.05) is 36.8 Å². The fourth-order valence-corrected chi connectivity index (χ4v) is 4.85. The number of benzene rings is 1. The van der Waals surface area contributed by atoms with Crippen molar-refractivity contribution in [1.29, 1.82) is 0 Å². The normalized spacial score (nSPS) is 19.2. The number of hydrogen-bond acceptors (Lipinski definition) is 3. The van der Waals surface area contributed by atoms with Crippen molar-refractivity contribution < 1.29 is 8.42 Å². The zero-order valence-corrected chi connectivity index (χ0v) is 15.5. The van der Waals surface area contributed by atoms with Crippen LogP contribution in [0, 0.1) is 6.92 Å². The second-order valence-electron chi connectivity index (χ2n) is 6.53. The number of nitrogens with zero attached hydrogens (tertiary/aromatic N) is 3. The molecule has 1 atom stereocenters. The van der Waals surface area contributed by atoms with E-state index in [1.807, 2.05) is 43.5 Å². The topological polar surface area (TPSA) is 67.2 Å². The number of hydrogen-bond donors (Lipinski definition) is 1. The Hall–Kier alpha value is -1.70. The molecule has 2 heterocycles. The van der Waals surface area contributed by atoms with Gasteiger partial charge in [0.1, 0.15) is 5.82 Å². The van der Waals surface area contributed by atoms with Gasteiger partial charge in [-0.05, 0) is 31.7 Å². The lowest BCUT2D eigenvalue weighted by Gasteiger charge is -2.34. The van der Waals surface area contributed by atoms with Crippen molar-refractivity contribution >= 4 is 10.2 Å². The van der Waals surface area contributed by atoms with Gasteiger partial charge < -0.3 is 4.57 Å². The Labute approximate surface area is 150 Å². The SMILES string of the molecule is Cc1nccn1CC[C@@H]1CCCCN1S(=O)(=O)NCc1ccccc1. The fourth-order valence-electron chi connectivity index (χ4n) is 3.36. The Bertz CT molecular complexity index is 773. The van der Waals surface area contributed by atoms with Gasteiger partial charge >= 0.3 is 0 Å². The molecule has 0 radical (unpaired) electrons. The minimum Gasteiger partial charge on any atom is -0.335 e. The zero-order valence-electron chi connectivity index (χ0n) is 14.6. The summed E-state index contributed by atoms with van der Waals surface area (Å²) in [6, 6.07) is 9.66. The molecule has 0 amide bonds. The molecule has 1 aliphatic heterocycles. The van der Waals surface area contributed by atoms with Crippen LogP contribution in [0.5, 0.6) is 0 Å². The molecular weight excluding hydrogens is 336 g/mol. The molecule has 0 aliphatic carbocycles. The Morgan fingerprint density at radius 2 is 2.04 bits per heavy atom. The molecule has 0 bridgehead atoms. The molecule has 1 aliphatic rings. The largest absolute Gasteiger partial charge is 0.335 e. The molecule has 1 saturated heterocycles. The molecule has 1 aromatic carbocycles. The zero-order chi connectivity index (χ0) is 17.7. The third-order valence-corrected chi connectivity index (χ3v) is 6.42. The maximum atomic E-state index is 12.8. The summed E-state index contributed by atoms with van der Waals surface area (Å²) < 4.78 is 32.1. The van der Waals surface area contributed by atoms with Gasteiger partial charge in [-0.3, -0.25) is 0 Å². The fraction of sp³-hybridized carbons (Fsp3) is 0.500. The van der Waals surface area contributed by atoms with Crippen LogP contribution in [-0.2, 0) is 23.3 Å². The van der Waals surface area contributed by atoms with Gasteiger partial charge in [0.2, 0.25) is 0 Å². The van der Waals surface area contributed by atoms with Crippen LogP contribution in [0.15, 0.2) is 42.7 Å². The van der Waals surface area contributed by atoms with Crippen molar-refractivity contribution in [3.63, 3.8) is 0 Å². The smallest absolute Gasteiger partial charge is 0.280 e. The summed E-state index contributed by atoms with van der Waals surface area (Å²) in [6.07, 6.45) is 7.46. The monoisotopic (exact) mass is 362 g/mol. The first kappa shape index (κ1) is 18.1. The van der Waals surface area contributed by atoms with Gasteiger partial charge in [-0.2, -0.15) is 17.4 Å². The van der Waals surface area contributed by atoms with Crippen molar-refractivity contribution in [3.05, 3.63) is 54.1 Å². The van der Waals surface area contributed by atoms with E-state index in [2.05, 4.69) is 14.3 Å². The molecule has 0 saturated carbocycles. The minimum absolute atomic E-state index is 0.0452. The van der Waals surface area contributed by atoms with Crippen LogP contribution in [0.1, 0.15) is 37.1 Å². The number of rotatable bonds is 7. The highest BCUT2D eigenvalue weighted by Crippen LogP contribution is 2.23. The number of nitrogens with one attached hydrogen (secondary N) is 1. The maximum Gasteiger partial charge on any atom is 0.280 e. The Morgan fingerprint density at radius 3 is 2.76 bits per heavy atom. The molecule has 6 nitrogen and oxygen atoms in total. The first-order chi connectivity index (χ1) is 12.1. The summed E-state index contributed by atoms with van der Waals surface area (Å²) in [5.74, 6) is 0.965. The van der Waals surface area contributed by atoms with Crippen molar-refractivity contribution in [1.82, 2.24) is 18.6 Å². The number of imidazole rings is 1. The predicted molar refractivity (Wildman–Crippen MR) is 98.1 cm³/mol. The Kier molecular flexibility index (Phi) is 5.88. The van der Waals surface area contributed by atoms with Crippen LogP contribution in [0.3, 0.4) is 0 Å². The van der Waals surface area contributed by atoms with E-state index in [9.17, 15) is 8.42 Å². The minimum atomic E-state index is -3.47. The summed E-state index contributed by atoms with van der Waals surface area (Å²) in [6.45, 7) is 3.68. The molecule has 0 spiro atoms. The highest BCUT2D eigenvalue weighted by molar-refractivity contribution is 7.87. The molecule has 2 aromatic rings. The second kappa shape index (κ2) is 8.12. The summed E-state index contributed by atoms with van der Waals surface area (Å²) >= 11 is 0. The average molecular weight is 362 g/mol. The second-order valence-corrected chi connectivity index (χ2v) is 8.24. The average Bonchev–Trinajstić information content (AvgIpc) is 3.04. The molecule has 3 rings (SSSR count). The van der Waals surface area contributed by atoms with E-state index >= 15 is 0 Å². The van der Waals surface area contributed by atoms with E-state index in [1.54, 1.807) is 10.5 Å². The van der Waals surface area contributed by atoms with Crippen LogP contribution in [-0.4, -0.2) is 34.9 Å². The number of aryl methyl sites for hydroxylation is 2. The molecule has 25 heavy (non-hydrogen) atoms. The number of piperidine rings is 1. The molecule has 1 N–H and O–H groups in total. The first-order valence-electron chi connectivity index (χ1n) is 8.84. The lowest BCUT2D eigenvalue weighted by Crippen LogP contribution is -2.49. The summed E-state index contributed by atoms with van der Waals surface area (Å²) in [4.78, 5) is 4.23. The highest BCUT2D eigenvalue weighted by atomic mass is 32.2. The summed E-state index contributed by atoms with van der Waals surface area (Å²) in [5.41, 5.74) is 0.966. The van der Waals surface area contributed by atoms with Gasteiger partial charge in [0.05, 0.1) is 0 Å². The van der Waals surface area contributed by atoms with Crippen LogP contribution in [0.2, 0.25) is 0 Å². The summed E-state index contributed by atoms with van der Waals surface area (Å²) in [7, 11) is -3.47. The third kappa shape index (κ3) is 4.68. The standard InChI is InChI=1S/C18H26N4O2S/c1-16-19-11-14-21(16)13-10-18-9-5-6-12-22(18)25(23,24)20-15-17-7-3-2-4-8-17/h2-4,7-8,11,14,18,20H,5-6,9-10,12-13,15H2,1H3/t18-/m0/s1. The summed E-state index contributed by atoms with van der Waals surface area (Å²) in [5, 5.41) is 0. The van der Waals surface area contributed by atoms with Gasteiger partial charge in [0.25, 0.3) is 10.2 Å². The van der Waals surface area contributed by atoms with E-state index in [4.69, 9.17) is 0 Å². The van der Waals surface area contributed by atoms with Crippen molar-refractivity contribution in [2.24, 2.45) is 0 Å². The lowest BCUT2D eigenvalue weighted by molar-refractivity contribution is 0.230. The highest BCUT2D eigenvalue weighted by Gasteiger charge is 2.31. The number of aromatic nitrogens is 2. The van der Waals surface area contributed by atoms with Crippen molar-refractivity contribution in [3.8, 4) is 0 Å². The van der Waals surface area contributed by atoms with E-state index in [-0.39, 0.29) is 6.04 Å².